The van der Waals surface area contributed by atoms with Crippen LogP contribution in [0.3, 0.4) is 0 Å². The predicted octanol–water partition coefficient (Wildman–Crippen LogP) is 5.94. The van der Waals surface area contributed by atoms with Crippen LogP contribution in [0.2, 0.25) is 0 Å². The number of aliphatic carboxylic acids is 1. The number of aromatic nitrogens is 1. The Labute approximate surface area is 167 Å². The van der Waals surface area contributed by atoms with E-state index in [-0.39, 0.29) is 17.4 Å². The number of benzene rings is 1. The first kappa shape index (κ1) is 22.8. The molecule has 8 heteroatoms. The number of unbranched alkanes of at least 4 members (excludes halogenated alkanes) is 1. The van der Waals surface area contributed by atoms with Gasteiger partial charge in [-0.25, -0.2) is 4.79 Å². The van der Waals surface area contributed by atoms with Gasteiger partial charge in [0.1, 0.15) is 5.75 Å². The van der Waals surface area contributed by atoms with Crippen LogP contribution in [0.15, 0.2) is 23.2 Å². The number of allylic oxidation sites excluding steroid dienone is 1. The van der Waals surface area contributed by atoms with E-state index in [9.17, 15) is 23.1 Å². The molecule has 1 aromatic heterocycles. The average Bonchev–Trinajstić information content (AvgIpc) is 3.07. The molecule has 0 aliphatic rings. The minimum absolute atomic E-state index is 0.00394. The maximum atomic E-state index is 13.3. The lowest BCUT2D eigenvalue weighted by Gasteiger charge is -2.21. The van der Waals surface area contributed by atoms with Crippen molar-refractivity contribution in [1.82, 2.24) is 5.16 Å². The Kier molecular flexibility index (Phi) is 7.70. The van der Waals surface area contributed by atoms with Crippen molar-refractivity contribution in [3.63, 3.8) is 0 Å². The first-order chi connectivity index (χ1) is 13.7. The number of carbonyl (C=O) groups is 1. The molecule has 0 fully saturated rings. The summed E-state index contributed by atoms with van der Waals surface area (Å²) in [6.07, 6.45) is -0.450. The van der Waals surface area contributed by atoms with Gasteiger partial charge in [-0.15, -0.1) is 6.58 Å². The summed E-state index contributed by atoms with van der Waals surface area (Å²) in [5, 5.41) is 12.7. The topological polar surface area (TPSA) is 72.6 Å². The van der Waals surface area contributed by atoms with Crippen LogP contribution in [0, 0.1) is 0 Å². The lowest BCUT2D eigenvalue weighted by Crippen LogP contribution is -2.28. The van der Waals surface area contributed by atoms with Crippen LogP contribution in [0.25, 0.3) is 11.0 Å². The van der Waals surface area contributed by atoms with Gasteiger partial charge in [0.2, 0.25) is 0 Å². The number of fused-ring (bicyclic) bond motifs is 1. The molecule has 0 aliphatic carbocycles. The van der Waals surface area contributed by atoms with Crippen molar-refractivity contribution in [2.75, 3.05) is 0 Å². The maximum Gasteiger partial charge on any atom is 0.437 e. The smallest absolute Gasteiger partial charge is 0.437 e. The van der Waals surface area contributed by atoms with Crippen molar-refractivity contribution < 1.29 is 32.3 Å². The fraction of sp³-hybridized carbons (Fsp3) is 0.524. The number of rotatable bonds is 11. The number of carboxylic acid groups (broad SMARTS) is 1. The Morgan fingerprint density at radius 2 is 2.03 bits per heavy atom. The van der Waals surface area contributed by atoms with E-state index < -0.39 is 23.9 Å². The average molecular weight is 413 g/mol. The first-order valence-corrected chi connectivity index (χ1v) is 9.76. The summed E-state index contributed by atoms with van der Waals surface area (Å²) in [7, 11) is 0. The van der Waals surface area contributed by atoms with Crippen LogP contribution in [-0.4, -0.2) is 22.3 Å². The molecule has 5 nitrogen and oxygen atoms in total. The SMILES string of the molecule is C=CCCCC(Oc1c(CCC)cc2c(C(F)(F)F)noc2c1CCC)C(=O)O. The second-order valence-corrected chi connectivity index (χ2v) is 6.91. The van der Waals surface area contributed by atoms with Gasteiger partial charge >= 0.3 is 12.1 Å². The third-order valence-electron chi connectivity index (χ3n) is 4.58. The monoisotopic (exact) mass is 413 g/mol. The summed E-state index contributed by atoms with van der Waals surface area (Å²) in [6, 6.07) is 1.37. The highest BCUT2D eigenvalue weighted by Gasteiger charge is 2.38. The lowest BCUT2D eigenvalue weighted by molar-refractivity contribution is -0.145. The Hall–Kier alpha value is -2.51. The molecule has 160 valence electrons. The predicted molar refractivity (Wildman–Crippen MR) is 103 cm³/mol. The largest absolute Gasteiger partial charge is 0.479 e. The summed E-state index contributed by atoms with van der Waals surface area (Å²) >= 11 is 0. The zero-order valence-corrected chi connectivity index (χ0v) is 16.6. The Morgan fingerprint density at radius 3 is 2.59 bits per heavy atom. The third kappa shape index (κ3) is 5.31. The maximum absolute atomic E-state index is 13.3. The summed E-state index contributed by atoms with van der Waals surface area (Å²) in [5.74, 6) is -0.815. The molecular formula is C21H26F3NO4. The van der Waals surface area contributed by atoms with Gasteiger partial charge in [0, 0.05) is 5.56 Å². The van der Waals surface area contributed by atoms with E-state index in [1.54, 1.807) is 6.08 Å². The second-order valence-electron chi connectivity index (χ2n) is 6.91. The van der Waals surface area contributed by atoms with Crippen molar-refractivity contribution in [2.45, 2.75) is 71.1 Å². The molecule has 0 amide bonds. The number of alkyl halides is 3. The number of aryl methyl sites for hydroxylation is 2. The normalized spacial score (nSPS) is 12.9. The van der Waals surface area contributed by atoms with Gasteiger partial charge in [0.15, 0.2) is 17.4 Å². The number of ether oxygens (including phenoxy) is 1. The summed E-state index contributed by atoms with van der Waals surface area (Å²) < 4.78 is 51.0. The van der Waals surface area contributed by atoms with E-state index in [1.165, 1.54) is 6.07 Å². The highest BCUT2D eigenvalue weighted by molar-refractivity contribution is 5.87. The van der Waals surface area contributed by atoms with E-state index in [0.29, 0.717) is 55.4 Å². The third-order valence-corrected chi connectivity index (χ3v) is 4.58. The van der Waals surface area contributed by atoms with Crippen LogP contribution in [-0.2, 0) is 23.8 Å². The molecule has 0 bridgehead atoms. The van der Waals surface area contributed by atoms with Crippen molar-refractivity contribution in [3.8, 4) is 5.75 Å². The van der Waals surface area contributed by atoms with Gasteiger partial charge in [-0.2, -0.15) is 13.2 Å². The molecule has 29 heavy (non-hydrogen) atoms. The van der Waals surface area contributed by atoms with Gasteiger partial charge in [-0.05, 0) is 43.7 Å². The summed E-state index contributed by atoms with van der Waals surface area (Å²) in [4.78, 5) is 11.7. The molecule has 2 rings (SSSR count). The summed E-state index contributed by atoms with van der Waals surface area (Å²) in [6.45, 7) is 7.39. The zero-order chi connectivity index (χ0) is 21.6. The highest BCUT2D eigenvalue weighted by atomic mass is 19.4. The molecule has 0 spiro atoms. The Balaban J connectivity index is 2.61. The van der Waals surface area contributed by atoms with Gasteiger partial charge in [-0.3, -0.25) is 0 Å². The van der Waals surface area contributed by atoms with Gasteiger partial charge in [0.25, 0.3) is 0 Å². The standard InChI is InChI=1S/C21H26F3NO4/c1-4-7-8-11-16(20(26)27)28-17-13(9-5-2)12-15-18(14(17)10-6-3)29-25-19(15)21(22,23)24/h4,12,16H,1,5-11H2,2-3H3,(H,26,27). The number of nitrogens with zero attached hydrogens (tertiary/aromatic N) is 1. The molecule has 2 aromatic rings. The van der Waals surface area contributed by atoms with Gasteiger partial charge in [0.05, 0.1) is 5.39 Å². The van der Waals surface area contributed by atoms with E-state index in [2.05, 4.69) is 11.7 Å². The molecule has 0 saturated heterocycles. The molecule has 0 saturated carbocycles. The molecule has 1 atom stereocenters. The zero-order valence-electron chi connectivity index (χ0n) is 16.6. The number of hydrogen-bond acceptors (Lipinski definition) is 4. The molecule has 1 heterocycles. The van der Waals surface area contributed by atoms with Crippen LogP contribution < -0.4 is 4.74 Å². The first-order valence-electron chi connectivity index (χ1n) is 9.76. The van der Waals surface area contributed by atoms with Crippen LogP contribution in [0.5, 0.6) is 5.75 Å². The minimum Gasteiger partial charge on any atom is -0.479 e. The Bertz CT molecular complexity index is 858. The number of hydrogen-bond donors (Lipinski definition) is 1. The van der Waals surface area contributed by atoms with Crippen molar-refractivity contribution in [1.29, 1.82) is 0 Å². The molecule has 1 N–H and O–H groups in total. The Morgan fingerprint density at radius 1 is 1.34 bits per heavy atom. The number of carboxylic acids is 1. The van der Waals surface area contributed by atoms with Crippen molar-refractivity contribution in [3.05, 3.63) is 35.5 Å². The number of halogens is 3. The van der Waals surface area contributed by atoms with Crippen LogP contribution in [0.4, 0.5) is 13.2 Å². The second kappa shape index (κ2) is 9.80. The fourth-order valence-corrected chi connectivity index (χ4v) is 3.29. The van der Waals surface area contributed by atoms with Gasteiger partial charge in [-0.1, -0.05) is 37.9 Å². The van der Waals surface area contributed by atoms with Gasteiger partial charge < -0.3 is 14.4 Å². The quantitative estimate of drug-likeness (QED) is 0.365. The fourth-order valence-electron chi connectivity index (χ4n) is 3.29. The van der Waals surface area contributed by atoms with E-state index >= 15 is 0 Å². The lowest BCUT2D eigenvalue weighted by atomic mass is 9.97. The van der Waals surface area contributed by atoms with Crippen molar-refractivity contribution in [2.24, 2.45) is 0 Å². The van der Waals surface area contributed by atoms with E-state index in [4.69, 9.17) is 9.26 Å². The van der Waals surface area contributed by atoms with E-state index in [0.717, 1.165) is 0 Å². The van der Waals surface area contributed by atoms with Crippen molar-refractivity contribution >= 4 is 16.9 Å². The van der Waals surface area contributed by atoms with E-state index in [1.807, 2.05) is 13.8 Å². The summed E-state index contributed by atoms with van der Waals surface area (Å²) in [5.41, 5.74) is -0.0997. The van der Waals surface area contributed by atoms with Crippen LogP contribution in [0.1, 0.15) is 62.8 Å². The molecular weight excluding hydrogens is 387 g/mol. The molecule has 1 aromatic carbocycles. The minimum atomic E-state index is -4.64. The molecule has 0 radical (unpaired) electrons. The molecule has 0 aliphatic heterocycles. The highest BCUT2D eigenvalue weighted by Crippen LogP contribution is 2.41. The molecule has 1 unspecified atom stereocenters. The van der Waals surface area contributed by atoms with Crippen LogP contribution >= 0.6 is 0 Å².